The molecule has 0 aliphatic carbocycles. The zero-order valence-electron chi connectivity index (χ0n) is 18.9. The van der Waals surface area contributed by atoms with Crippen LogP contribution in [0.15, 0.2) is 47.5 Å². The maximum absolute atomic E-state index is 13.1. The van der Waals surface area contributed by atoms with Crippen molar-refractivity contribution in [2.24, 2.45) is 0 Å². The second-order valence-corrected chi connectivity index (χ2v) is 8.07. The SMILES string of the molecule is CCOC(=O)/C=c1\s/c(=C\c2cnc(-c3ccccc3)nc2)c(=O)n1CC(=O)N(CC)CC. The smallest absolute Gasteiger partial charge is 0.333 e. The van der Waals surface area contributed by atoms with Crippen LogP contribution in [0.1, 0.15) is 26.3 Å². The summed E-state index contributed by atoms with van der Waals surface area (Å²) in [7, 11) is 0. The lowest BCUT2D eigenvalue weighted by Gasteiger charge is -2.18. The number of benzene rings is 1. The summed E-state index contributed by atoms with van der Waals surface area (Å²) >= 11 is 1.12. The third-order valence-electron chi connectivity index (χ3n) is 4.88. The van der Waals surface area contributed by atoms with Crippen molar-refractivity contribution < 1.29 is 14.3 Å². The molecule has 8 nitrogen and oxygen atoms in total. The van der Waals surface area contributed by atoms with Crippen LogP contribution in [-0.2, 0) is 20.9 Å². The molecule has 1 aromatic carbocycles. The molecule has 0 saturated heterocycles. The fourth-order valence-corrected chi connectivity index (χ4v) is 4.22. The molecule has 0 spiro atoms. The first-order chi connectivity index (χ1) is 16.0. The highest BCUT2D eigenvalue weighted by Gasteiger charge is 2.15. The number of esters is 1. The van der Waals surface area contributed by atoms with Gasteiger partial charge in [-0.25, -0.2) is 14.8 Å². The van der Waals surface area contributed by atoms with Gasteiger partial charge in [0.15, 0.2) is 5.82 Å². The molecule has 9 heteroatoms. The third-order valence-corrected chi connectivity index (χ3v) is 5.94. The number of hydrogen-bond donors (Lipinski definition) is 0. The molecule has 172 valence electrons. The Labute approximate surface area is 195 Å². The van der Waals surface area contributed by atoms with E-state index >= 15 is 0 Å². The first kappa shape index (κ1) is 24.1. The molecule has 2 heterocycles. The van der Waals surface area contributed by atoms with E-state index in [1.165, 1.54) is 10.6 Å². The molecule has 0 aliphatic rings. The van der Waals surface area contributed by atoms with Crippen molar-refractivity contribution in [2.75, 3.05) is 19.7 Å². The fourth-order valence-electron chi connectivity index (χ4n) is 3.19. The summed E-state index contributed by atoms with van der Waals surface area (Å²) in [4.78, 5) is 48.2. The van der Waals surface area contributed by atoms with Crippen LogP contribution in [0, 0.1) is 0 Å². The largest absolute Gasteiger partial charge is 0.463 e. The van der Waals surface area contributed by atoms with E-state index in [0.29, 0.717) is 33.7 Å². The first-order valence-electron chi connectivity index (χ1n) is 10.7. The summed E-state index contributed by atoms with van der Waals surface area (Å²) in [6.07, 6.45) is 6.17. The lowest BCUT2D eigenvalue weighted by molar-refractivity contribution is -0.135. The standard InChI is InChI=1S/C24H26N4O4S/c1-4-27(5-2)20(29)16-28-21(13-22(30)32-6-3)33-19(24(28)31)12-17-14-25-23(26-15-17)18-10-8-7-9-11-18/h7-15H,4-6,16H2,1-3H3/b19-12-,21-13-. The van der Waals surface area contributed by atoms with E-state index in [9.17, 15) is 14.4 Å². The minimum Gasteiger partial charge on any atom is -0.463 e. The number of carbonyl (C=O) groups is 2. The first-order valence-corrected chi connectivity index (χ1v) is 11.5. The van der Waals surface area contributed by atoms with Crippen LogP contribution in [0.5, 0.6) is 0 Å². The molecule has 3 aromatic rings. The third kappa shape index (κ3) is 6.01. The summed E-state index contributed by atoms with van der Waals surface area (Å²) < 4.78 is 7.03. The van der Waals surface area contributed by atoms with Gasteiger partial charge in [0.05, 0.1) is 17.2 Å². The predicted molar refractivity (Wildman–Crippen MR) is 128 cm³/mol. The average Bonchev–Trinajstić information content (AvgIpc) is 3.09. The van der Waals surface area contributed by atoms with E-state index in [2.05, 4.69) is 9.97 Å². The highest BCUT2D eigenvalue weighted by atomic mass is 32.1. The summed E-state index contributed by atoms with van der Waals surface area (Å²) in [6.45, 7) is 6.59. The van der Waals surface area contributed by atoms with Crippen molar-refractivity contribution >= 4 is 35.4 Å². The number of aromatic nitrogens is 3. The molecule has 0 saturated carbocycles. The van der Waals surface area contributed by atoms with Crippen molar-refractivity contribution in [3.05, 3.63) is 67.8 Å². The maximum Gasteiger partial charge on any atom is 0.333 e. The Hall–Kier alpha value is -3.59. The van der Waals surface area contributed by atoms with Gasteiger partial charge in [-0.3, -0.25) is 14.2 Å². The normalized spacial score (nSPS) is 12.1. The van der Waals surface area contributed by atoms with Crippen LogP contribution in [0.2, 0.25) is 0 Å². The van der Waals surface area contributed by atoms with Gasteiger partial charge in [-0.1, -0.05) is 30.3 Å². The second-order valence-electron chi connectivity index (χ2n) is 7.01. The van der Waals surface area contributed by atoms with E-state index < -0.39 is 5.97 Å². The molecular formula is C24H26N4O4S. The van der Waals surface area contributed by atoms with Gasteiger partial charge in [0.2, 0.25) is 5.91 Å². The number of hydrogen-bond acceptors (Lipinski definition) is 7. The van der Waals surface area contributed by atoms with Gasteiger partial charge < -0.3 is 9.64 Å². The van der Waals surface area contributed by atoms with Crippen LogP contribution < -0.4 is 14.8 Å². The summed E-state index contributed by atoms with van der Waals surface area (Å²) in [5.74, 6) is -0.178. The fraction of sp³-hybridized carbons (Fsp3) is 0.292. The molecule has 3 rings (SSSR count). The van der Waals surface area contributed by atoms with E-state index in [4.69, 9.17) is 4.74 Å². The Balaban J connectivity index is 2.02. The molecule has 0 aliphatic heterocycles. The maximum atomic E-state index is 13.1. The summed E-state index contributed by atoms with van der Waals surface area (Å²) in [5.41, 5.74) is 1.17. The minimum absolute atomic E-state index is 0.153. The molecule has 0 unspecified atom stereocenters. The van der Waals surface area contributed by atoms with Gasteiger partial charge >= 0.3 is 5.97 Å². The number of carbonyl (C=O) groups excluding carboxylic acids is 2. The van der Waals surface area contributed by atoms with E-state index in [-0.39, 0.29) is 24.6 Å². The molecule has 1 amide bonds. The van der Waals surface area contributed by atoms with Crippen molar-refractivity contribution in [3.63, 3.8) is 0 Å². The Morgan fingerprint density at radius 2 is 1.76 bits per heavy atom. The summed E-state index contributed by atoms with van der Waals surface area (Å²) in [6, 6.07) is 9.58. The second kappa shape index (κ2) is 11.3. The van der Waals surface area contributed by atoms with Gasteiger partial charge in [0.25, 0.3) is 5.56 Å². The lowest BCUT2D eigenvalue weighted by atomic mass is 10.2. The quantitative estimate of drug-likeness (QED) is 0.466. The minimum atomic E-state index is -0.565. The molecule has 33 heavy (non-hydrogen) atoms. The van der Waals surface area contributed by atoms with Crippen molar-refractivity contribution in [3.8, 4) is 11.4 Å². The van der Waals surface area contributed by atoms with Gasteiger partial charge in [-0.05, 0) is 26.8 Å². The highest BCUT2D eigenvalue weighted by Crippen LogP contribution is 2.13. The van der Waals surface area contributed by atoms with Crippen molar-refractivity contribution in [1.82, 2.24) is 19.4 Å². The van der Waals surface area contributed by atoms with Gasteiger partial charge in [0, 0.05) is 36.6 Å². The highest BCUT2D eigenvalue weighted by molar-refractivity contribution is 7.07. The number of amides is 1. The lowest BCUT2D eigenvalue weighted by Crippen LogP contribution is -2.40. The van der Waals surface area contributed by atoms with Gasteiger partial charge in [-0.15, -0.1) is 11.3 Å². The summed E-state index contributed by atoms with van der Waals surface area (Å²) in [5, 5.41) is 0. The van der Waals surface area contributed by atoms with Gasteiger partial charge in [0.1, 0.15) is 11.2 Å². The van der Waals surface area contributed by atoms with Crippen LogP contribution in [0.4, 0.5) is 0 Å². The zero-order chi connectivity index (χ0) is 23.8. The molecule has 0 radical (unpaired) electrons. The Bertz CT molecular complexity index is 1280. The predicted octanol–water partition coefficient (Wildman–Crippen LogP) is 1.41. The van der Waals surface area contributed by atoms with Gasteiger partial charge in [-0.2, -0.15) is 0 Å². The molecule has 0 fully saturated rings. The zero-order valence-corrected chi connectivity index (χ0v) is 19.7. The topological polar surface area (TPSA) is 94.4 Å². The number of ether oxygens (including phenoxy) is 1. The van der Waals surface area contributed by atoms with Crippen LogP contribution >= 0.6 is 11.3 Å². The number of nitrogens with zero attached hydrogens (tertiary/aromatic N) is 4. The Kier molecular flexibility index (Phi) is 8.26. The molecule has 2 aromatic heterocycles. The molecule has 0 atom stereocenters. The van der Waals surface area contributed by atoms with Crippen molar-refractivity contribution in [2.45, 2.75) is 27.3 Å². The Morgan fingerprint density at radius 3 is 2.36 bits per heavy atom. The van der Waals surface area contributed by atoms with Crippen LogP contribution in [0.3, 0.4) is 0 Å². The molecule has 0 N–H and O–H groups in total. The van der Waals surface area contributed by atoms with Crippen LogP contribution in [-0.4, -0.2) is 51.0 Å². The monoisotopic (exact) mass is 466 g/mol. The number of rotatable bonds is 8. The average molecular weight is 467 g/mol. The van der Waals surface area contributed by atoms with E-state index in [1.54, 1.807) is 30.3 Å². The number of likely N-dealkylation sites (N-methyl/N-ethyl adjacent to an activating group) is 1. The van der Waals surface area contributed by atoms with E-state index in [1.807, 2.05) is 44.2 Å². The Morgan fingerprint density at radius 1 is 1.09 bits per heavy atom. The number of thiazole rings is 1. The molecule has 0 bridgehead atoms. The van der Waals surface area contributed by atoms with E-state index in [0.717, 1.165) is 16.9 Å². The van der Waals surface area contributed by atoms with Crippen LogP contribution in [0.25, 0.3) is 23.5 Å². The molecular weight excluding hydrogens is 440 g/mol. The van der Waals surface area contributed by atoms with Crippen molar-refractivity contribution in [1.29, 1.82) is 0 Å².